The smallest absolute Gasteiger partial charge is 0.185 e. The molecule has 1 N–H and O–H groups in total. The first kappa shape index (κ1) is 16.7. The van der Waals surface area contributed by atoms with E-state index in [-0.39, 0.29) is 0 Å². The third kappa shape index (κ3) is 4.18. The second-order valence-electron chi connectivity index (χ2n) is 5.79. The minimum absolute atomic E-state index is 0.442. The van der Waals surface area contributed by atoms with Gasteiger partial charge in [0.05, 0.1) is 11.8 Å². The maximum atomic E-state index is 5.74. The van der Waals surface area contributed by atoms with E-state index < -0.39 is 0 Å². The Bertz CT molecular complexity index is 427. The average Bonchev–Trinajstić information content (AvgIpc) is 2.92. The predicted octanol–water partition coefficient (Wildman–Crippen LogP) is 3.38. The average molecular weight is 311 g/mol. The Morgan fingerprint density at radius 1 is 1.38 bits per heavy atom. The van der Waals surface area contributed by atoms with Crippen LogP contribution in [0.1, 0.15) is 56.5 Å². The Morgan fingerprint density at radius 3 is 2.67 bits per heavy atom. The summed E-state index contributed by atoms with van der Waals surface area (Å²) >= 11 is 1.86. The van der Waals surface area contributed by atoms with Crippen LogP contribution in [-0.4, -0.2) is 37.8 Å². The fourth-order valence-electron chi connectivity index (χ4n) is 2.80. The van der Waals surface area contributed by atoms with Crippen molar-refractivity contribution in [3.63, 3.8) is 0 Å². The molecule has 4 nitrogen and oxygen atoms in total. The monoisotopic (exact) mass is 311 g/mol. The van der Waals surface area contributed by atoms with Crippen molar-refractivity contribution in [2.24, 2.45) is 0 Å². The van der Waals surface area contributed by atoms with Crippen LogP contribution in [0.5, 0.6) is 0 Å². The Hall–Kier alpha value is -0.650. The van der Waals surface area contributed by atoms with Gasteiger partial charge in [0, 0.05) is 31.1 Å². The number of anilines is 1. The number of nitrogens with zero attached hydrogens (tertiary/aromatic N) is 2. The van der Waals surface area contributed by atoms with Gasteiger partial charge < -0.3 is 15.0 Å². The molecular weight excluding hydrogens is 282 g/mol. The highest BCUT2D eigenvalue weighted by molar-refractivity contribution is 7.15. The van der Waals surface area contributed by atoms with Gasteiger partial charge in [-0.05, 0) is 39.2 Å². The summed E-state index contributed by atoms with van der Waals surface area (Å²) in [6, 6.07) is 0. The van der Waals surface area contributed by atoms with Gasteiger partial charge in [-0.25, -0.2) is 4.98 Å². The molecule has 1 unspecified atom stereocenters. The molecule has 1 saturated heterocycles. The first-order valence-electron chi connectivity index (χ1n) is 8.20. The summed E-state index contributed by atoms with van der Waals surface area (Å²) in [7, 11) is 2.01. The third-order valence-corrected chi connectivity index (χ3v) is 5.38. The van der Waals surface area contributed by atoms with Crippen LogP contribution in [0, 0.1) is 0 Å². The van der Waals surface area contributed by atoms with Crippen molar-refractivity contribution in [3.8, 4) is 0 Å². The maximum Gasteiger partial charge on any atom is 0.185 e. The lowest BCUT2D eigenvalue weighted by Gasteiger charge is -2.31. The van der Waals surface area contributed by atoms with Crippen molar-refractivity contribution < 1.29 is 4.74 Å². The molecule has 0 spiro atoms. The Morgan fingerprint density at radius 2 is 2.10 bits per heavy atom. The van der Waals surface area contributed by atoms with E-state index in [9.17, 15) is 0 Å². The normalized spacial score (nSPS) is 18.2. The number of hydrogen-bond acceptors (Lipinski definition) is 5. The zero-order valence-electron chi connectivity index (χ0n) is 13.8. The van der Waals surface area contributed by atoms with Gasteiger partial charge in [-0.2, -0.15) is 0 Å². The standard InChI is InChI=1S/C16H29N3OS/c1-5-12(3)15-14(11-17-4)21-16(18-15)19-9-7-13(8-10-19)20-6-2/h12-13,17H,5-11H2,1-4H3. The summed E-state index contributed by atoms with van der Waals surface area (Å²) in [6.07, 6.45) is 3.82. The van der Waals surface area contributed by atoms with E-state index in [0.29, 0.717) is 12.0 Å². The zero-order valence-corrected chi connectivity index (χ0v) is 14.6. The largest absolute Gasteiger partial charge is 0.378 e. The summed E-state index contributed by atoms with van der Waals surface area (Å²) in [6.45, 7) is 10.5. The molecule has 1 aliphatic rings. The summed E-state index contributed by atoms with van der Waals surface area (Å²) in [5.74, 6) is 0.541. The Kier molecular flexibility index (Phi) is 6.45. The van der Waals surface area contributed by atoms with Gasteiger partial charge in [-0.15, -0.1) is 11.3 Å². The highest BCUT2D eigenvalue weighted by Crippen LogP contribution is 2.33. The van der Waals surface area contributed by atoms with Crippen LogP contribution in [0.3, 0.4) is 0 Å². The Balaban J connectivity index is 2.06. The molecule has 0 radical (unpaired) electrons. The summed E-state index contributed by atoms with van der Waals surface area (Å²) < 4.78 is 5.74. The molecule has 1 fully saturated rings. The number of piperidine rings is 1. The molecule has 1 aromatic heterocycles. The van der Waals surface area contributed by atoms with Crippen LogP contribution < -0.4 is 10.2 Å². The van der Waals surface area contributed by atoms with Crippen LogP contribution >= 0.6 is 11.3 Å². The van der Waals surface area contributed by atoms with Crippen molar-refractivity contribution in [2.45, 2.75) is 58.6 Å². The van der Waals surface area contributed by atoms with Gasteiger partial charge in [0.2, 0.25) is 0 Å². The van der Waals surface area contributed by atoms with E-state index in [1.807, 2.05) is 18.4 Å². The number of nitrogens with one attached hydrogen (secondary N) is 1. The summed E-state index contributed by atoms with van der Waals surface area (Å²) in [4.78, 5) is 8.79. The molecule has 0 saturated carbocycles. The van der Waals surface area contributed by atoms with Gasteiger partial charge in [-0.1, -0.05) is 13.8 Å². The fraction of sp³-hybridized carbons (Fsp3) is 0.812. The molecule has 2 rings (SSSR count). The van der Waals surface area contributed by atoms with E-state index in [1.54, 1.807) is 0 Å². The molecule has 2 heterocycles. The van der Waals surface area contributed by atoms with E-state index in [4.69, 9.17) is 9.72 Å². The molecule has 21 heavy (non-hydrogen) atoms. The second kappa shape index (κ2) is 8.11. The molecule has 1 aromatic rings. The summed E-state index contributed by atoms with van der Waals surface area (Å²) in [5.41, 5.74) is 1.29. The minimum Gasteiger partial charge on any atom is -0.378 e. The van der Waals surface area contributed by atoms with E-state index in [0.717, 1.165) is 45.5 Å². The van der Waals surface area contributed by atoms with Gasteiger partial charge in [0.1, 0.15) is 0 Å². The lowest BCUT2D eigenvalue weighted by molar-refractivity contribution is 0.0459. The van der Waals surface area contributed by atoms with Crippen molar-refractivity contribution in [1.82, 2.24) is 10.3 Å². The second-order valence-corrected chi connectivity index (χ2v) is 6.85. The molecule has 0 bridgehead atoms. The third-order valence-electron chi connectivity index (χ3n) is 4.25. The van der Waals surface area contributed by atoms with Crippen molar-refractivity contribution in [2.75, 3.05) is 31.6 Å². The number of rotatable bonds is 7. The highest BCUT2D eigenvalue weighted by atomic mass is 32.1. The lowest BCUT2D eigenvalue weighted by atomic mass is 10.0. The quantitative estimate of drug-likeness (QED) is 0.837. The lowest BCUT2D eigenvalue weighted by Crippen LogP contribution is -2.37. The van der Waals surface area contributed by atoms with Gasteiger partial charge >= 0.3 is 0 Å². The van der Waals surface area contributed by atoms with Gasteiger partial charge in [0.25, 0.3) is 0 Å². The van der Waals surface area contributed by atoms with Crippen LogP contribution in [-0.2, 0) is 11.3 Å². The van der Waals surface area contributed by atoms with Gasteiger partial charge in [0.15, 0.2) is 5.13 Å². The number of thiazole rings is 1. The van der Waals surface area contributed by atoms with E-state index in [2.05, 4.69) is 31.0 Å². The number of ether oxygens (including phenoxy) is 1. The number of hydrogen-bond donors (Lipinski definition) is 1. The molecule has 5 heteroatoms. The highest BCUT2D eigenvalue weighted by Gasteiger charge is 2.24. The molecule has 0 amide bonds. The van der Waals surface area contributed by atoms with E-state index in [1.165, 1.54) is 15.7 Å². The first-order chi connectivity index (χ1) is 10.2. The molecule has 0 aliphatic carbocycles. The molecule has 120 valence electrons. The molecule has 1 aliphatic heterocycles. The first-order valence-corrected chi connectivity index (χ1v) is 9.01. The minimum atomic E-state index is 0.442. The van der Waals surface area contributed by atoms with Crippen LogP contribution in [0.15, 0.2) is 0 Å². The van der Waals surface area contributed by atoms with Crippen LogP contribution in [0.2, 0.25) is 0 Å². The maximum absolute atomic E-state index is 5.74. The van der Waals surface area contributed by atoms with Crippen molar-refractivity contribution in [1.29, 1.82) is 0 Å². The number of aromatic nitrogens is 1. The Labute approximate surface area is 132 Å². The van der Waals surface area contributed by atoms with Crippen LogP contribution in [0.25, 0.3) is 0 Å². The summed E-state index contributed by atoms with van der Waals surface area (Å²) in [5, 5.41) is 4.47. The zero-order chi connectivity index (χ0) is 15.2. The molecule has 1 atom stereocenters. The van der Waals surface area contributed by atoms with Crippen molar-refractivity contribution in [3.05, 3.63) is 10.6 Å². The molecular formula is C16H29N3OS. The van der Waals surface area contributed by atoms with E-state index >= 15 is 0 Å². The SMILES string of the molecule is CCOC1CCN(c2nc(C(C)CC)c(CNC)s2)CC1. The topological polar surface area (TPSA) is 37.4 Å². The van der Waals surface area contributed by atoms with Gasteiger partial charge in [-0.3, -0.25) is 0 Å². The predicted molar refractivity (Wildman–Crippen MR) is 90.4 cm³/mol. The molecule has 0 aromatic carbocycles. The fourth-order valence-corrected chi connectivity index (χ4v) is 4.04. The van der Waals surface area contributed by atoms with Crippen LogP contribution in [0.4, 0.5) is 5.13 Å². The van der Waals surface area contributed by atoms with Crippen molar-refractivity contribution >= 4 is 16.5 Å².